The van der Waals surface area contributed by atoms with Crippen molar-refractivity contribution in [3.8, 4) is 0 Å². The van der Waals surface area contributed by atoms with Gasteiger partial charge in [0.1, 0.15) is 5.82 Å². The third-order valence-corrected chi connectivity index (χ3v) is 6.52. The molecule has 1 aromatic carbocycles. The number of unbranched alkanes of at least 4 members (excludes halogenated alkanes) is 1. The van der Waals surface area contributed by atoms with E-state index < -0.39 is 11.7 Å². The molecule has 0 bridgehead atoms. The van der Waals surface area contributed by atoms with Gasteiger partial charge in [-0.1, -0.05) is 12.8 Å². The summed E-state index contributed by atoms with van der Waals surface area (Å²) in [5.74, 6) is -0.444. The Morgan fingerprint density at radius 1 is 1.00 bits per heavy atom. The summed E-state index contributed by atoms with van der Waals surface area (Å²) in [5, 5.41) is 0. The van der Waals surface area contributed by atoms with E-state index in [1.807, 2.05) is 0 Å². The van der Waals surface area contributed by atoms with Gasteiger partial charge in [0.2, 0.25) is 5.91 Å². The maximum atomic E-state index is 13.4. The van der Waals surface area contributed by atoms with E-state index in [2.05, 4.69) is 4.90 Å². The van der Waals surface area contributed by atoms with Crippen molar-refractivity contribution in [3.63, 3.8) is 0 Å². The summed E-state index contributed by atoms with van der Waals surface area (Å²) < 4.78 is 13.4. The smallest absolute Gasteiger partial charge is 0.261 e. The second kappa shape index (κ2) is 8.02. The molecule has 2 aliphatic heterocycles. The molecule has 5 nitrogen and oxygen atoms in total. The molecular weight excluding hydrogens is 359 g/mol. The number of likely N-dealkylation sites (tertiary alicyclic amines) is 1. The number of fused-ring (bicyclic) bond motifs is 2. The molecule has 0 spiro atoms. The molecule has 1 aliphatic carbocycles. The van der Waals surface area contributed by atoms with Crippen molar-refractivity contribution in [1.29, 1.82) is 0 Å². The van der Waals surface area contributed by atoms with Gasteiger partial charge in [0.15, 0.2) is 0 Å². The van der Waals surface area contributed by atoms with Crippen molar-refractivity contribution in [2.75, 3.05) is 13.1 Å². The maximum Gasteiger partial charge on any atom is 0.261 e. The molecule has 2 atom stereocenters. The topological polar surface area (TPSA) is 57.7 Å². The van der Waals surface area contributed by atoms with Gasteiger partial charge in [-0.3, -0.25) is 19.3 Å². The SMILES string of the molecule is O=C1c2ccc(F)cc2C(=O)N1CCCCC(=O)N1CCCC2CCCCC21. The third kappa shape index (κ3) is 3.56. The Morgan fingerprint density at radius 2 is 1.75 bits per heavy atom. The Labute approximate surface area is 164 Å². The van der Waals surface area contributed by atoms with Gasteiger partial charge in [-0.05, 0) is 62.6 Å². The van der Waals surface area contributed by atoms with Crippen molar-refractivity contribution in [2.45, 2.75) is 63.8 Å². The fraction of sp³-hybridized carbons (Fsp3) is 0.591. The minimum atomic E-state index is -0.519. The summed E-state index contributed by atoms with van der Waals surface area (Å²) in [6, 6.07) is 4.10. The van der Waals surface area contributed by atoms with Crippen LogP contribution in [0, 0.1) is 11.7 Å². The van der Waals surface area contributed by atoms with Crippen LogP contribution in [0.2, 0.25) is 0 Å². The lowest BCUT2D eigenvalue weighted by atomic mass is 9.78. The fourth-order valence-corrected chi connectivity index (χ4v) is 5.09. The first-order valence-corrected chi connectivity index (χ1v) is 10.5. The van der Waals surface area contributed by atoms with E-state index in [0.717, 1.165) is 25.5 Å². The predicted molar refractivity (Wildman–Crippen MR) is 102 cm³/mol. The number of nitrogens with zero attached hydrogens (tertiary/aromatic N) is 2. The van der Waals surface area contributed by atoms with Gasteiger partial charge >= 0.3 is 0 Å². The summed E-state index contributed by atoms with van der Waals surface area (Å²) in [4.78, 5) is 40.7. The summed E-state index contributed by atoms with van der Waals surface area (Å²) in [6.45, 7) is 1.14. The number of imide groups is 1. The van der Waals surface area contributed by atoms with Crippen LogP contribution in [0.3, 0.4) is 0 Å². The van der Waals surface area contributed by atoms with Gasteiger partial charge < -0.3 is 4.90 Å². The van der Waals surface area contributed by atoms with Crippen LogP contribution in [0.4, 0.5) is 4.39 Å². The Hall–Kier alpha value is -2.24. The van der Waals surface area contributed by atoms with Gasteiger partial charge in [0, 0.05) is 25.6 Å². The molecule has 4 rings (SSSR count). The van der Waals surface area contributed by atoms with E-state index in [0.29, 0.717) is 31.2 Å². The van der Waals surface area contributed by atoms with Crippen molar-refractivity contribution < 1.29 is 18.8 Å². The van der Waals surface area contributed by atoms with Gasteiger partial charge in [-0.2, -0.15) is 0 Å². The van der Waals surface area contributed by atoms with Crippen molar-refractivity contribution >= 4 is 17.7 Å². The molecule has 0 N–H and O–H groups in total. The minimum Gasteiger partial charge on any atom is -0.339 e. The second-order valence-electron chi connectivity index (χ2n) is 8.25. The first-order valence-electron chi connectivity index (χ1n) is 10.5. The zero-order valence-corrected chi connectivity index (χ0v) is 16.2. The van der Waals surface area contributed by atoms with Gasteiger partial charge in [0.05, 0.1) is 11.1 Å². The molecule has 1 saturated heterocycles. The van der Waals surface area contributed by atoms with Crippen LogP contribution in [0.1, 0.15) is 78.5 Å². The highest BCUT2D eigenvalue weighted by molar-refractivity contribution is 6.21. The van der Waals surface area contributed by atoms with Crippen LogP contribution in [-0.4, -0.2) is 46.7 Å². The molecule has 3 amide bonds. The summed E-state index contributed by atoms with van der Waals surface area (Å²) in [5.41, 5.74) is 0.400. The van der Waals surface area contributed by atoms with E-state index in [-0.39, 0.29) is 29.5 Å². The lowest BCUT2D eigenvalue weighted by Gasteiger charge is -2.44. The molecule has 150 valence electrons. The van der Waals surface area contributed by atoms with E-state index in [1.54, 1.807) is 0 Å². The Kier molecular flexibility index (Phi) is 5.47. The van der Waals surface area contributed by atoms with Gasteiger partial charge in [-0.15, -0.1) is 0 Å². The van der Waals surface area contributed by atoms with Crippen LogP contribution in [0.25, 0.3) is 0 Å². The van der Waals surface area contributed by atoms with E-state index in [1.165, 1.54) is 42.7 Å². The lowest BCUT2D eigenvalue weighted by Crippen LogP contribution is -2.49. The Balaban J connectivity index is 1.27. The number of carbonyl (C=O) groups excluding carboxylic acids is 3. The van der Waals surface area contributed by atoms with Crippen molar-refractivity contribution in [1.82, 2.24) is 9.80 Å². The number of hydrogen-bond donors (Lipinski definition) is 0. The van der Waals surface area contributed by atoms with Crippen molar-refractivity contribution in [3.05, 3.63) is 35.1 Å². The second-order valence-corrected chi connectivity index (χ2v) is 8.25. The number of piperidine rings is 1. The quantitative estimate of drug-likeness (QED) is 0.572. The van der Waals surface area contributed by atoms with Gasteiger partial charge in [0.25, 0.3) is 11.8 Å². The molecule has 0 radical (unpaired) electrons. The fourth-order valence-electron chi connectivity index (χ4n) is 5.09. The van der Waals surface area contributed by atoms with E-state index in [9.17, 15) is 18.8 Å². The lowest BCUT2D eigenvalue weighted by molar-refractivity contribution is -0.137. The number of rotatable bonds is 5. The zero-order valence-electron chi connectivity index (χ0n) is 16.2. The molecule has 0 aromatic heterocycles. The van der Waals surface area contributed by atoms with Crippen LogP contribution in [-0.2, 0) is 4.79 Å². The molecule has 1 saturated carbocycles. The standard InChI is InChI=1S/C22H27FN2O3/c23-16-10-11-17-18(14-16)22(28)25(21(17)27)12-4-3-9-20(26)24-13-5-7-15-6-1-2-8-19(15)24/h10-11,14-15,19H,1-9,12-13H2. The van der Waals surface area contributed by atoms with Crippen LogP contribution < -0.4 is 0 Å². The molecule has 2 unspecified atom stereocenters. The largest absolute Gasteiger partial charge is 0.339 e. The molecule has 28 heavy (non-hydrogen) atoms. The number of carbonyl (C=O) groups is 3. The average Bonchev–Trinajstić information content (AvgIpc) is 2.94. The van der Waals surface area contributed by atoms with E-state index in [4.69, 9.17) is 0 Å². The van der Waals surface area contributed by atoms with E-state index >= 15 is 0 Å². The first kappa shape index (κ1) is 19.1. The summed E-state index contributed by atoms with van der Waals surface area (Å²) in [7, 11) is 0. The molecule has 2 heterocycles. The van der Waals surface area contributed by atoms with Crippen LogP contribution >= 0.6 is 0 Å². The normalized spacial score (nSPS) is 24.3. The van der Waals surface area contributed by atoms with Gasteiger partial charge in [-0.25, -0.2) is 4.39 Å². The number of halogens is 1. The van der Waals surface area contributed by atoms with Crippen molar-refractivity contribution in [2.24, 2.45) is 5.92 Å². The molecule has 6 heteroatoms. The highest BCUT2D eigenvalue weighted by atomic mass is 19.1. The molecule has 2 fully saturated rings. The first-order chi connectivity index (χ1) is 13.6. The molecular formula is C22H27FN2O3. The third-order valence-electron chi connectivity index (χ3n) is 6.52. The average molecular weight is 386 g/mol. The summed E-state index contributed by atoms with van der Waals surface area (Å²) >= 11 is 0. The Bertz CT molecular complexity index is 792. The molecule has 1 aromatic rings. The summed E-state index contributed by atoms with van der Waals surface area (Å²) in [6.07, 6.45) is 8.90. The zero-order chi connectivity index (χ0) is 19.7. The monoisotopic (exact) mass is 386 g/mol. The Morgan fingerprint density at radius 3 is 2.61 bits per heavy atom. The predicted octanol–water partition coefficient (Wildman–Crippen LogP) is 3.77. The maximum absolute atomic E-state index is 13.4. The molecule has 3 aliphatic rings. The number of hydrogen-bond acceptors (Lipinski definition) is 3. The number of benzene rings is 1. The number of amides is 3. The van der Waals surface area contributed by atoms with Crippen LogP contribution in [0.5, 0.6) is 0 Å². The highest BCUT2D eigenvalue weighted by Crippen LogP contribution is 2.35. The van der Waals surface area contributed by atoms with Crippen LogP contribution in [0.15, 0.2) is 18.2 Å². The minimum absolute atomic E-state index is 0.137. The highest BCUT2D eigenvalue weighted by Gasteiger charge is 2.36.